The predicted octanol–water partition coefficient (Wildman–Crippen LogP) is 1.67. The van der Waals surface area contributed by atoms with Crippen LogP contribution in [0.15, 0.2) is 42.5 Å². The van der Waals surface area contributed by atoms with Crippen molar-refractivity contribution >= 4 is 11.8 Å². The summed E-state index contributed by atoms with van der Waals surface area (Å²) >= 11 is 0. The van der Waals surface area contributed by atoms with E-state index < -0.39 is 24.1 Å². The molecule has 25 heavy (non-hydrogen) atoms. The fourth-order valence-corrected chi connectivity index (χ4v) is 2.67. The first-order valence-corrected chi connectivity index (χ1v) is 7.71. The van der Waals surface area contributed by atoms with E-state index in [2.05, 4.69) is 0 Å². The maximum atomic E-state index is 13.1. The van der Waals surface area contributed by atoms with Crippen LogP contribution in [0, 0.1) is 5.82 Å². The molecule has 2 aromatic rings. The zero-order valence-corrected chi connectivity index (χ0v) is 13.5. The van der Waals surface area contributed by atoms with E-state index in [1.165, 1.54) is 41.3 Å². The Morgan fingerprint density at radius 3 is 2.48 bits per heavy atom. The van der Waals surface area contributed by atoms with Crippen molar-refractivity contribution in [1.82, 2.24) is 4.90 Å². The molecule has 0 fully saturated rings. The van der Waals surface area contributed by atoms with Crippen LogP contribution in [0.4, 0.5) is 4.39 Å². The van der Waals surface area contributed by atoms with Crippen LogP contribution in [0.3, 0.4) is 0 Å². The summed E-state index contributed by atoms with van der Waals surface area (Å²) in [4.78, 5) is 25.5. The van der Waals surface area contributed by atoms with Gasteiger partial charge in [0.2, 0.25) is 12.2 Å². The van der Waals surface area contributed by atoms with Gasteiger partial charge in [-0.05, 0) is 43.3 Å². The lowest BCUT2D eigenvalue weighted by Crippen LogP contribution is -2.45. The summed E-state index contributed by atoms with van der Waals surface area (Å²) in [6.07, 6.45) is -1.28. The molecular weight excluding hydrogens is 327 g/mol. The fourth-order valence-electron chi connectivity index (χ4n) is 2.67. The van der Waals surface area contributed by atoms with Gasteiger partial charge in [0.15, 0.2) is 0 Å². The number of amides is 2. The van der Waals surface area contributed by atoms with Crippen LogP contribution in [-0.4, -0.2) is 34.2 Å². The Labute approximate surface area is 143 Å². The number of carbonyl (C=O) groups excluding carboxylic acids is 2. The van der Waals surface area contributed by atoms with Gasteiger partial charge in [-0.1, -0.05) is 6.07 Å². The second-order valence-electron chi connectivity index (χ2n) is 5.88. The van der Waals surface area contributed by atoms with Crippen LogP contribution in [0.2, 0.25) is 0 Å². The molecule has 0 bridgehead atoms. The summed E-state index contributed by atoms with van der Waals surface area (Å²) in [5, 5.41) is 10.3. The van der Waals surface area contributed by atoms with E-state index in [4.69, 9.17) is 10.5 Å². The molecule has 1 aliphatic rings. The molecule has 0 saturated heterocycles. The number of fused-ring (bicyclic) bond motifs is 1. The number of halogens is 1. The number of aliphatic hydroxyl groups is 1. The SMILES string of the molecule is C[C@H]1[C@@H](O)Oc2cc(C(N)=O)ccc2CN1C(=O)c1ccc(F)cc1. The first-order chi connectivity index (χ1) is 11.9. The zero-order chi connectivity index (χ0) is 18.1. The third-order valence-electron chi connectivity index (χ3n) is 4.20. The Morgan fingerprint density at radius 2 is 1.84 bits per heavy atom. The van der Waals surface area contributed by atoms with Crippen molar-refractivity contribution in [2.24, 2.45) is 5.73 Å². The molecule has 0 radical (unpaired) electrons. The Morgan fingerprint density at radius 1 is 1.20 bits per heavy atom. The molecule has 0 aliphatic carbocycles. The largest absolute Gasteiger partial charge is 0.463 e. The third-order valence-corrected chi connectivity index (χ3v) is 4.20. The average molecular weight is 344 g/mol. The molecule has 2 amide bonds. The average Bonchev–Trinajstić information content (AvgIpc) is 2.71. The van der Waals surface area contributed by atoms with Crippen LogP contribution in [0.5, 0.6) is 5.75 Å². The highest BCUT2D eigenvalue weighted by Crippen LogP contribution is 2.29. The number of aliphatic hydroxyl groups excluding tert-OH is 1. The zero-order valence-electron chi connectivity index (χ0n) is 13.5. The maximum Gasteiger partial charge on any atom is 0.254 e. The van der Waals surface area contributed by atoms with Crippen molar-refractivity contribution in [3.63, 3.8) is 0 Å². The van der Waals surface area contributed by atoms with Gasteiger partial charge in [-0.15, -0.1) is 0 Å². The van der Waals surface area contributed by atoms with Crippen LogP contribution >= 0.6 is 0 Å². The van der Waals surface area contributed by atoms with E-state index in [1.807, 2.05) is 0 Å². The Bertz CT molecular complexity index is 822. The number of carbonyl (C=O) groups is 2. The molecule has 0 aromatic heterocycles. The van der Waals surface area contributed by atoms with Gasteiger partial charge in [0.25, 0.3) is 5.91 Å². The molecule has 7 heteroatoms. The second kappa shape index (κ2) is 6.52. The van der Waals surface area contributed by atoms with Gasteiger partial charge in [-0.3, -0.25) is 9.59 Å². The maximum absolute atomic E-state index is 13.1. The lowest BCUT2D eigenvalue weighted by molar-refractivity contribution is -0.0627. The number of benzene rings is 2. The van der Waals surface area contributed by atoms with E-state index in [9.17, 15) is 19.1 Å². The van der Waals surface area contributed by atoms with Crippen molar-refractivity contribution in [2.75, 3.05) is 0 Å². The number of hydrogen-bond donors (Lipinski definition) is 2. The number of hydrogen-bond acceptors (Lipinski definition) is 4. The van der Waals surface area contributed by atoms with Crippen molar-refractivity contribution in [1.29, 1.82) is 0 Å². The first-order valence-electron chi connectivity index (χ1n) is 7.71. The lowest BCUT2D eigenvalue weighted by Gasteiger charge is -2.29. The monoisotopic (exact) mass is 344 g/mol. The molecular formula is C18H17FN2O4. The molecule has 2 aromatic carbocycles. The summed E-state index contributed by atoms with van der Waals surface area (Å²) < 4.78 is 18.6. The Balaban J connectivity index is 1.96. The number of primary amides is 1. The molecule has 130 valence electrons. The van der Waals surface area contributed by atoms with E-state index in [-0.39, 0.29) is 18.0 Å². The smallest absolute Gasteiger partial charge is 0.254 e. The molecule has 1 aliphatic heterocycles. The fraction of sp³-hybridized carbons (Fsp3) is 0.222. The molecule has 6 nitrogen and oxygen atoms in total. The summed E-state index contributed by atoms with van der Waals surface area (Å²) in [5.74, 6) is -1.11. The number of nitrogens with zero attached hydrogens (tertiary/aromatic N) is 1. The third kappa shape index (κ3) is 3.32. The minimum absolute atomic E-state index is 0.169. The highest BCUT2D eigenvalue weighted by molar-refractivity contribution is 5.95. The normalized spacial score (nSPS) is 19.6. The van der Waals surface area contributed by atoms with Crippen LogP contribution in [0.1, 0.15) is 33.2 Å². The molecule has 0 spiro atoms. The van der Waals surface area contributed by atoms with Crippen molar-refractivity contribution in [2.45, 2.75) is 25.8 Å². The second-order valence-corrected chi connectivity index (χ2v) is 5.88. The summed E-state index contributed by atoms with van der Waals surface area (Å²) in [5.41, 5.74) is 6.44. The number of ether oxygens (including phenoxy) is 1. The highest BCUT2D eigenvalue weighted by atomic mass is 19.1. The van der Waals surface area contributed by atoms with Gasteiger partial charge in [0.1, 0.15) is 11.6 Å². The number of nitrogens with two attached hydrogens (primary N) is 1. The van der Waals surface area contributed by atoms with Gasteiger partial charge < -0.3 is 20.5 Å². The van der Waals surface area contributed by atoms with E-state index in [0.717, 1.165) is 0 Å². The molecule has 3 rings (SSSR count). The van der Waals surface area contributed by atoms with Gasteiger partial charge in [0, 0.05) is 16.7 Å². The van der Waals surface area contributed by atoms with E-state index in [0.29, 0.717) is 16.9 Å². The standard InChI is InChI=1S/C18H17FN2O4/c1-10-18(24)25-15-8-12(16(20)22)2-3-13(15)9-21(10)17(23)11-4-6-14(19)7-5-11/h2-8,10,18,24H,9H2,1H3,(H2,20,22)/t10-,18-/m0/s1. The van der Waals surface area contributed by atoms with E-state index in [1.54, 1.807) is 13.0 Å². The molecule has 0 unspecified atom stereocenters. The first kappa shape index (κ1) is 16.9. The van der Waals surface area contributed by atoms with Crippen LogP contribution in [0.25, 0.3) is 0 Å². The van der Waals surface area contributed by atoms with E-state index >= 15 is 0 Å². The van der Waals surface area contributed by atoms with Crippen molar-refractivity contribution in [3.05, 3.63) is 65.0 Å². The van der Waals surface area contributed by atoms with Crippen LogP contribution in [-0.2, 0) is 6.54 Å². The predicted molar refractivity (Wildman–Crippen MR) is 87.3 cm³/mol. The van der Waals surface area contributed by atoms with Crippen LogP contribution < -0.4 is 10.5 Å². The van der Waals surface area contributed by atoms with Gasteiger partial charge in [-0.25, -0.2) is 4.39 Å². The molecule has 3 N–H and O–H groups in total. The topological polar surface area (TPSA) is 92.9 Å². The Hall–Kier alpha value is -2.93. The summed E-state index contributed by atoms with van der Waals surface area (Å²) in [6.45, 7) is 1.82. The molecule has 2 atom stereocenters. The molecule has 1 heterocycles. The van der Waals surface area contributed by atoms with Crippen molar-refractivity contribution in [3.8, 4) is 5.75 Å². The molecule has 0 saturated carbocycles. The number of rotatable bonds is 2. The van der Waals surface area contributed by atoms with Gasteiger partial charge in [-0.2, -0.15) is 0 Å². The highest BCUT2D eigenvalue weighted by Gasteiger charge is 2.32. The Kier molecular flexibility index (Phi) is 4.41. The minimum Gasteiger partial charge on any atom is -0.463 e. The van der Waals surface area contributed by atoms with Gasteiger partial charge >= 0.3 is 0 Å². The minimum atomic E-state index is -1.28. The quantitative estimate of drug-likeness (QED) is 0.867. The summed E-state index contributed by atoms with van der Waals surface area (Å²) in [6, 6.07) is 9.14. The van der Waals surface area contributed by atoms with Gasteiger partial charge in [0.05, 0.1) is 12.6 Å². The lowest BCUT2D eigenvalue weighted by atomic mass is 10.1. The van der Waals surface area contributed by atoms with Crippen molar-refractivity contribution < 1.29 is 23.8 Å². The summed E-state index contributed by atoms with van der Waals surface area (Å²) in [7, 11) is 0.